The van der Waals surface area contributed by atoms with Crippen LogP contribution in [0.2, 0.25) is 0 Å². The maximum atomic E-state index is 12.8. The minimum absolute atomic E-state index is 0.0142. The molecule has 23 heavy (non-hydrogen) atoms. The highest BCUT2D eigenvalue weighted by molar-refractivity contribution is 7.86. The van der Waals surface area contributed by atoms with Gasteiger partial charge in [0.2, 0.25) is 5.91 Å². The highest BCUT2D eigenvalue weighted by atomic mass is 32.2. The lowest BCUT2D eigenvalue weighted by Gasteiger charge is -2.40. The molecule has 0 aromatic carbocycles. The van der Waals surface area contributed by atoms with Gasteiger partial charge in [0, 0.05) is 45.8 Å². The second kappa shape index (κ2) is 7.89. The summed E-state index contributed by atoms with van der Waals surface area (Å²) in [5.74, 6) is -0.0142. The van der Waals surface area contributed by atoms with Gasteiger partial charge in [-0.2, -0.15) is 17.0 Å². The molecule has 2 aliphatic rings. The third-order valence-corrected chi connectivity index (χ3v) is 6.08. The lowest BCUT2D eigenvalue weighted by Crippen LogP contribution is -2.57. The van der Waals surface area contributed by atoms with E-state index in [-0.39, 0.29) is 18.1 Å². The molecule has 9 heteroatoms. The van der Waals surface area contributed by atoms with E-state index in [0.29, 0.717) is 52.4 Å². The average Bonchev–Trinajstić information content (AvgIpc) is 2.47. The predicted molar refractivity (Wildman–Crippen MR) is 87.2 cm³/mol. The van der Waals surface area contributed by atoms with E-state index in [0.717, 1.165) is 0 Å². The van der Waals surface area contributed by atoms with Gasteiger partial charge < -0.3 is 10.1 Å². The Morgan fingerprint density at radius 1 is 1.09 bits per heavy atom. The van der Waals surface area contributed by atoms with Gasteiger partial charge in [0.15, 0.2) is 0 Å². The van der Waals surface area contributed by atoms with Crippen molar-refractivity contribution in [2.24, 2.45) is 0 Å². The summed E-state index contributed by atoms with van der Waals surface area (Å²) in [4.78, 5) is 13.6. The number of rotatable bonds is 5. The van der Waals surface area contributed by atoms with Crippen molar-refractivity contribution in [3.05, 3.63) is 0 Å². The smallest absolute Gasteiger partial charge is 0.282 e. The Labute approximate surface area is 138 Å². The van der Waals surface area contributed by atoms with E-state index in [4.69, 9.17) is 4.74 Å². The quantitative estimate of drug-likeness (QED) is 0.696. The Balaban J connectivity index is 1.89. The molecular weight excluding hydrogens is 320 g/mol. The van der Waals surface area contributed by atoms with Gasteiger partial charge in [0.1, 0.15) is 0 Å². The maximum absolute atomic E-state index is 12.8. The molecule has 2 unspecified atom stereocenters. The van der Waals surface area contributed by atoms with Crippen molar-refractivity contribution in [3.63, 3.8) is 0 Å². The van der Waals surface area contributed by atoms with Gasteiger partial charge >= 0.3 is 0 Å². The van der Waals surface area contributed by atoms with Crippen LogP contribution in [0.1, 0.15) is 20.8 Å². The summed E-state index contributed by atoms with van der Waals surface area (Å²) >= 11 is 0. The number of morpholine rings is 1. The molecule has 2 heterocycles. The number of amides is 1. The molecule has 1 N–H and O–H groups in total. The molecule has 2 rings (SSSR count). The molecule has 0 aromatic rings. The Morgan fingerprint density at radius 3 is 2.17 bits per heavy atom. The largest absolute Gasteiger partial charge is 0.373 e. The molecule has 0 bridgehead atoms. The van der Waals surface area contributed by atoms with E-state index in [1.807, 2.05) is 25.7 Å². The Hall–Kier alpha value is -0.740. The summed E-state index contributed by atoms with van der Waals surface area (Å²) in [6.45, 7) is 9.38. The fourth-order valence-electron chi connectivity index (χ4n) is 3.06. The van der Waals surface area contributed by atoms with Crippen LogP contribution in [-0.4, -0.2) is 92.4 Å². The number of nitrogens with zero attached hydrogens (tertiary/aromatic N) is 3. The monoisotopic (exact) mass is 348 g/mol. The molecule has 2 fully saturated rings. The van der Waals surface area contributed by atoms with Crippen LogP contribution in [0.25, 0.3) is 0 Å². The fraction of sp³-hybridized carbons (Fsp3) is 0.929. The van der Waals surface area contributed by atoms with Crippen molar-refractivity contribution in [1.29, 1.82) is 0 Å². The lowest BCUT2D eigenvalue weighted by atomic mass is 10.3. The van der Waals surface area contributed by atoms with E-state index in [2.05, 4.69) is 5.32 Å². The summed E-state index contributed by atoms with van der Waals surface area (Å²) in [5, 5.41) is 2.76. The van der Waals surface area contributed by atoms with E-state index in [1.54, 1.807) is 0 Å². The minimum atomic E-state index is -3.45. The van der Waals surface area contributed by atoms with Crippen LogP contribution in [0.5, 0.6) is 0 Å². The lowest BCUT2D eigenvalue weighted by molar-refractivity contribution is -0.122. The molecule has 2 aliphatic heterocycles. The van der Waals surface area contributed by atoms with Gasteiger partial charge in [-0.1, -0.05) is 0 Å². The van der Waals surface area contributed by atoms with Gasteiger partial charge in [0.25, 0.3) is 10.2 Å². The summed E-state index contributed by atoms with van der Waals surface area (Å²) in [5.41, 5.74) is 0. The molecule has 8 nitrogen and oxygen atoms in total. The van der Waals surface area contributed by atoms with Crippen LogP contribution >= 0.6 is 0 Å². The van der Waals surface area contributed by atoms with Crippen LogP contribution in [0.3, 0.4) is 0 Å². The number of likely N-dealkylation sites (N-methyl/N-ethyl adjacent to an activating group) is 1. The van der Waals surface area contributed by atoms with Gasteiger partial charge in [0.05, 0.1) is 18.8 Å². The molecular formula is C14H28N4O4S. The Bertz CT molecular complexity index is 495. The zero-order valence-electron chi connectivity index (χ0n) is 14.2. The summed E-state index contributed by atoms with van der Waals surface area (Å²) in [6.07, 6.45) is -0.180. The van der Waals surface area contributed by atoms with E-state index >= 15 is 0 Å². The zero-order valence-corrected chi connectivity index (χ0v) is 15.0. The molecule has 0 aromatic heterocycles. The normalized spacial score (nSPS) is 28.7. The fourth-order valence-corrected chi connectivity index (χ4v) is 4.80. The molecule has 2 saturated heterocycles. The van der Waals surface area contributed by atoms with Crippen molar-refractivity contribution >= 4 is 16.1 Å². The van der Waals surface area contributed by atoms with Gasteiger partial charge in [-0.05, 0) is 20.8 Å². The SMILES string of the molecule is CCNC(=O)CN1CCN(S(=O)(=O)N2CC(C)OC(C)C2)CC1. The van der Waals surface area contributed by atoms with Crippen LogP contribution in [0.15, 0.2) is 0 Å². The topological polar surface area (TPSA) is 82.2 Å². The van der Waals surface area contributed by atoms with Crippen LogP contribution in [0.4, 0.5) is 0 Å². The molecule has 1 amide bonds. The molecule has 0 aliphatic carbocycles. The first kappa shape index (κ1) is 18.6. The van der Waals surface area contributed by atoms with Gasteiger partial charge in [-0.15, -0.1) is 0 Å². The van der Waals surface area contributed by atoms with Crippen molar-refractivity contribution in [1.82, 2.24) is 18.8 Å². The number of hydrogen-bond donors (Lipinski definition) is 1. The predicted octanol–water partition coefficient (Wildman–Crippen LogP) is -0.906. The van der Waals surface area contributed by atoms with Crippen molar-refractivity contribution < 1.29 is 17.9 Å². The molecule has 0 saturated carbocycles. The van der Waals surface area contributed by atoms with Crippen LogP contribution in [0, 0.1) is 0 Å². The summed E-state index contributed by atoms with van der Waals surface area (Å²) < 4.78 is 34.2. The first-order valence-corrected chi connectivity index (χ1v) is 9.62. The number of carbonyl (C=O) groups is 1. The second-order valence-corrected chi connectivity index (χ2v) is 8.14. The third kappa shape index (κ3) is 4.87. The van der Waals surface area contributed by atoms with Crippen molar-refractivity contribution in [2.75, 3.05) is 52.4 Å². The summed E-state index contributed by atoms with van der Waals surface area (Å²) in [6, 6.07) is 0. The Kier molecular flexibility index (Phi) is 6.38. The first-order valence-electron chi connectivity index (χ1n) is 8.22. The van der Waals surface area contributed by atoms with Crippen LogP contribution < -0.4 is 5.32 Å². The van der Waals surface area contributed by atoms with Gasteiger partial charge in [-0.3, -0.25) is 9.69 Å². The standard InChI is InChI=1S/C14H28N4O4S/c1-4-15-14(19)11-16-5-7-17(8-6-16)23(20,21)18-9-12(2)22-13(3)10-18/h12-13H,4-11H2,1-3H3,(H,15,19). The minimum Gasteiger partial charge on any atom is -0.373 e. The number of ether oxygens (including phenoxy) is 1. The molecule has 2 atom stereocenters. The van der Waals surface area contributed by atoms with E-state index in [9.17, 15) is 13.2 Å². The third-order valence-electron chi connectivity index (χ3n) is 4.11. The Morgan fingerprint density at radius 2 is 1.65 bits per heavy atom. The maximum Gasteiger partial charge on any atom is 0.282 e. The molecule has 0 spiro atoms. The second-order valence-electron chi connectivity index (χ2n) is 6.21. The first-order chi connectivity index (χ1) is 10.8. The number of carbonyl (C=O) groups excluding carboxylic acids is 1. The van der Waals surface area contributed by atoms with Crippen LogP contribution in [-0.2, 0) is 19.7 Å². The van der Waals surface area contributed by atoms with Crippen molar-refractivity contribution in [2.45, 2.75) is 33.0 Å². The van der Waals surface area contributed by atoms with Crippen molar-refractivity contribution in [3.8, 4) is 0 Å². The zero-order chi connectivity index (χ0) is 17.0. The highest BCUT2D eigenvalue weighted by Crippen LogP contribution is 2.18. The molecule has 134 valence electrons. The van der Waals surface area contributed by atoms with E-state index in [1.165, 1.54) is 8.61 Å². The van der Waals surface area contributed by atoms with Gasteiger partial charge in [-0.25, -0.2) is 0 Å². The molecule has 0 radical (unpaired) electrons. The number of piperazine rings is 1. The van der Waals surface area contributed by atoms with E-state index < -0.39 is 10.2 Å². The highest BCUT2D eigenvalue weighted by Gasteiger charge is 2.36. The number of nitrogens with one attached hydrogen (secondary N) is 1. The average molecular weight is 348 g/mol. The number of hydrogen-bond acceptors (Lipinski definition) is 5. The summed E-state index contributed by atoms with van der Waals surface area (Å²) in [7, 11) is -3.45.